The van der Waals surface area contributed by atoms with Crippen molar-refractivity contribution in [1.29, 1.82) is 0 Å². The lowest BCUT2D eigenvalue weighted by atomic mass is 10.1. The minimum Gasteiger partial charge on any atom is -0.465 e. The van der Waals surface area contributed by atoms with Gasteiger partial charge in [-0.25, -0.2) is 0 Å². The van der Waals surface area contributed by atoms with Crippen LogP contribution in [0, 0.1) is 0 Å². The van der Waals surface area contributed by atoms with Gasteiger partial charge in [-0.15, -0.1) is 0 Å². The molecule has 2 rings (SSSR count). The summed E-state index contributed by atoms with van der Waals surface area (Å²) in [7, 11) is 0. The van der Waals surface area contributed by atoms with E-state index < -0.39 is 23.6 Å². The van der Waals surface area contributed by atoms with Gasteiger partial charge in [-0.2, -0.15) is 13.2 Å². The molecule has 0 aliphatic rings. The molecule has 0 bridgehead atoms. The van der Waals surface area contributed by atoms with Crippen molar-refractivity contribution in [3.05, 3.63) is 65.2 Å². The standard InChI is InChI=1S/C22H23F3N2O4/c1-3-31-21(30)14-27(12-16-8-10-17(11-9-16)22(23,24)25)13-20(29)26-19-7-5-4-6-18(19)15(2)28/h4-11H,3,12-14H2,1-2H3,(H,26,29). The number of benzene rings is 2. The maximum absolute atomic E-state index is 12.8. The molecule has 0 saturated carbocycles. The van der Waals surface area contributed by atoms with E-state index in [1.807, 2.05) is 0 Å². The van der Waals surface area contributed by atoms with E-state index in [1.54, 1.807) is 31.2 Å². The fourth-order valence-corrected chi connectivity index (χ4v) is 2.91. The zero-order valence-electron chi connectivity index (χ0n) is 17.2. The van der Waals surface area contributed by atoms with Crippen molar-refractivity contribution in [2.75, 3.05) is 25.0 Å². The maximum Gasteiger partial charge on any atom is 0.416 e. The zero-order valence-corrected chi connectivity index (χ0v) is 17.2. The highest BCUT2D eigenvalue weighted by atomic mass is 19.4. The Hall–Kier alpha value is -3.20. The number of halogens is 3. The Kier molecular flexibility index (Phi) is 8.32. The molecule has 0 radical (unpaired) electrons. The molecule has 0 fully saturated rings. The van der Waals surface area contributed by atoms with Gasteiger partial charge in [0.05, 0.1) is 30.9 Å². The first-order valence-electron chi connectivity index (χ1n) is 9.54. The number of esters is 1. The molecule has 1 N–H and O–H groups in total. The first-order chi connectivity index (χ1) is 14.6. The highest BCUT2D eigenvalue weighted by Crippen LogP contribution is 2.29. The van der Waals surface area contributed by atoms with Gasteiger partial charge < -0.3 is 10.1 Å². The molecular weight excluding hydrogens is 413 g/mol. The first-order valence-corrected chi connectivity index (χ1v) is 9.54. The number of hydrogen-bond acceptors (Lipinski definition) is 5. The Labute approximate surface area is 178 Å². The fraction of sp³-hybridized carbons (Fsp3) is 0.318. The number of alkyl halides is 3. The third kappa shape index (κ3) is 7.53. The minimum atomic E-state index is -4.45. The van der Waals surface area contributed by atoms with Crippen LogP contribution in [0.4, 0.5) is 18.9 Å². The Morgan fingerprint density at radius 2 is 1.65 bits per heavy atom. The predicted molar refractivity (Wildman–Crippen MR) is 108 cm³/mol. The molecule has 31 heavy (non-hydrogen) atoms. The molecule has 0 saturated heterocycles. The van der Waals surface area contributed by atoms with E-state index in [1.165, 1.54) is 24.0 Å². The lowest BCUT2D eigenvalue weighted by molar-refractivity contribution is -0.144. The molecule has 0 aliphatic heterocycles. The van der Waals surface area contributed by atoms with Crippen molar-refractivity contribution in [3.63, 3.8) is 0 Å². The number of carbonyl (C=O) groups excluding carboxylic acids is 3. The fourth-order valence-electron chi connectivity index (χ4n) is 2.91. The lowest BCUT2D eigenvalue weighted by Crippen LogP contribution is -2.37. The topological polar surface area (TPSA) is 75.7 Å². The molecule has 2 aromatic carbocycles. The molecule has 0 aliphatic carbocycles. The van der Waals surface area contributed by atoms with Crippen LogP contribution in [0.25, 0.3) is 0 Å². The Balaban J connectivity index is 2.13. The van der Waals surface area contributed by atoms with E-state index in [9.17, 15) is 27.6 Å². The molecule has 0 spiro atoms. The van der Waals surface area contributed by atoms with Crippen LogP contribution in [0.5, 0.6) is 0 Å². The number of nitrogens with zero attached hydrogens (tertiary/aromatic N) is 1. The molecule has 1 amide bonds. The number of anilines is 1. The van der Waals surface area contributed by atoms with E-state index in [4.69, 9.17) is 4.74 Å². The molecular formula is C22H23F3N2O4. The number of Topliss-reactive ketones (excluding diaryl/α,β-unsaturated/α-hetero) is 1. The number of rotatable bonds is 9. The Morgan fingerprint density at radius 3 is 2.23 bits per heavy atom. The summed E-state index contributed by atoms with van der Waals surface area (Å²) in [6.45, 7) is 2.78. The Morgan fingerprint density at radius 1 is 1.00 bits per heavy atom. The zero-order chi connectivity index (χ0) is 23.0. The van der Waals surface area contributed by atoms with E-state index in [0.717, 1.165) is 12.1 Å². The van der Waals surface area contributed by atoms with Gasteiger partial charge in [-0.05, 0) is 43.7 Å². The van der Waals surface area contributed by atoms with Crippen LogP contribution in [0.1, 0.15) is 35.3 Å². The minimum absolute atomic E-state index is 0.0543. The number of carbonyl (C=O) groups is 3. The van der Waals surface area contributed by atoms with Gasteiger partial charge in [0.15, 0.2) is 5.78 Å². The molecule has 6 nitrogen and oxygen atoms in total. The maximum atomic E-state index is 12.8. The summed E-state index contributed by atoms with van der Waals surface area (Å²) in [4.78, 5) is 37.6. The predicted octanol–water partition coefficient (Wildman–Crippen LogP) is 3.91. The Bertz CT molecular complexity index is 927. The van der Waals surface area contributed by atoms with Crippen LogP contribution >= 0.6 is 0 Å². The molecule has 2 aromatic rings. The average Bonchev–Trinajstić information content (AvgIpc) is 2.68. The monoisotopic (exact) mass is 436 g/mol. The van der Waals surface area contributed by atoms with E-state index in [2.05, 4.69) is 5.32 Å². The number of ketones is 1. The van der Waals surface area contributed by atoms with Crippen LogP contribution in [-0.4, -0.2) is 42.3 Å². The van der Waals surface area contributed by atoms with E-state index in [-0.39, 0.29) is 32.0 Å². The summed E-state index contributed by atoms with van der Waals surface area (Å²) in [6.07, 6.45) is -4.45. The van der Waals surface area contributed by atoms with E-state index in [0.29, 0.717) is 16.8 Å². The van der Waals surface area contributed by atoms with Gasteiger partial charge in [0, 0.05) is 12.1 Å². The van der Waals surface area contributed by atoms with Crippen LogP contribution in [0.2, 0.25) is 0 Å². The summed E-state index contributed by atoms with van der Waals surface area (Å²) in [6, 6.07) is 11.0. The number of para-hydroxylation sites is 1. The normalized spacial score (nSPS) is 11.3. The largest absolute Gasteiger partial charge is 0.465 e. The summed E-state index contributed by atoms with van der Waals surface area (Å²) >= 11 is 0. The van der Waals surface area contributed by atoms with Crippen molar-refractivity contribution in [1.82, 2.24) is 4.90 Å². The van der Waals surface area contributed by atoms with Gasteiger partial charge in [0.1, 0.15) is 0 Å². The van der Waals surface area contributed by atoms with Crippen molar-refractivity contribution in [3.8, 4) is 0 Å². The summed E-state index contributed by atoms with van der Waals surface area (Å²) in [5.41, 5.74) is 0.391. The van der Waals surface area contributed by atoms with Gasteiger partial charge in [0.25, 0.3) is 0 Å². The summed E-state index contributed by atoms with van der Waals surface area (Å²) in [5.74, 6) is -1.26. The van der Waals surface area contributed by atoms with Crippen molar-refractivity contribution < 1.29 is 32.3 Å². The SMILES string of the molecule is CCOC(=O)CN(CC(=O)Nc1ccccc1C(C)=O)Cc1ccc(C(F)(F)F)cc1. The average molecular weight is 436 g/mol. The second kappa shape index (κ2) is 10.7. The molecule has 0 atom stereocenters. The lowest BCUT2D eigenvalue weighted by Gasteiger charge is -2.21. The van der Waals surface area contributed by atoms with Crippen molar-refractivity contribution >= 4 is 23.3 Å². The summed E-state index contributed by atoms with van der Waals surface area (Å²) in [5, 5.41) is 2.64. The second-order valence-electron chi connectivity index (χ2n) is 6.79. The highest BCUT2D eigenvalue weighted by Gasteiger charge is 2.30. The molecule has 9 heteroatoms. The van der Waals surface area contributed by atoms with Gasteiger partial charge >= 0.3 is 12.1 Å². The molecule has 166 valence electrons. The number of amides is 1. The van der Waals surface area contributed by atoms with Gasteiger partial charge in [-0.3, -0.25) is 19.3 Å². The van der Waals surface area contributed by atoms with Crippen LogP contribution in [-0.2, 0) is 27.0 Å². The molecule has 0 heterocycles. The van der Waals surface area contributed by atoms with Crippen LogP contribution in [0.3, 0.4) is 0 Å². The summed E-state index contributed by atoms with van der Waals surface area (Å²) < 4.78 is 43.2. The van der Waals surface area contributed by atoms with Crippen LogP contribution in [0.15, 0.2) is 48.5 Å². The van der Waals surface area contributed by atoms with Gasteiger partial charge in [-0.1, -0.05) is 24.3 Å². The van der Waals surface area contributed by atoms with E-state index >= 15 is 0 Å². The number of hydrogen-bond donors (Lipinski definition) is 1. The van der Waals surface area contributed by atoms with Gasteiger partial charge in [0.2, 0.25) is 5.91 Å². The highest BCUT2D eigenvalue weighted by molar-refractivity contribution is 6.04. The van der Waals surface area contributed by atoms with Crippen LogP contribution < -0.4 is 5.32 Å². The first kappa shape index (κ1) is 24.1. The third-order valence-electron chi connectivity index (χ3n) is 4.29. The number of ether oxygens (including phenoxy) is 1. The molecule has 0 aromatic heterocycles. The second-order valence-corrected chi connectivity index (χ2v) is 6.79. The number of nitrogens with one attached hydrogen (secondary N) is 1. The third-order valence-corrected chi connectivity index (χ3v) is 4.29. The van der Waals surface area contributed by atoms with Crippen molar-refractivity contribution in [2.45, 2.75) is 26.6 Å². The van der Waals surface area contributed by atoms with Crippen molar-refractivity contribution in [2.24, 2.45) is 0 Å². The molecule has 0 unspecified atom stereocenters. The smallest absolute Gasteiger partial charge is 0.416 e. The quantitative estimate of drug-likeness (QED) is 0.477.